The maximum absolute atomic E-state index is 8.87. The molecule has 1 heterocycles. The van der Waals surface area contributed by atoms with Gasteiger partial charge in [-0.1, -0.05) is 6.07 Å². The van der Waals surface area contributed by atoms with Crippen molar-refractivity contribution >= 4 is 11.1 Å². The number of nitrogens with one attached hydrogen (secondary N) is 1. The lowest BCUT2D eigenvalue weighted by Crippen LogP contribution is -2.38. The van der Waals surface area contributed by atoms with Crippen molar-refractivity contribution in [2.24, 2.45) is 0 Å². The van der Waals surface area contributed by atoms with Crippen molar-refractivity contribution in [3.05, 3.63) is 30.2 Å². The van der Waals surface area contributed by atoms with Crippen LogP contribution in [0.5, 0.6) is 0 Å². The van der Waals surface area contributed by atoms with Gasteiger partial charge in [0.2, 0.25) is 0 Å². The van der Waals surface area contributed by atoms with E-state index in [9.17, 15) is 0 Å². The predicted molar refractivity (Wildman–Crippen MR) is 65.4 cm³/mol. The lowest BCUT2D eigenvalue weighted by Gasteiger charge is -2.17. The van der Waals surface area contributed by atoms with Gasteiger partial charge >= 0.3 is 0 Å². The van der Waals surface area contributed by atoms with E-state index >= 15 is 0 Å². The fraction of sp³-hybridized carbons (Fsp3) is 0.385. The van der Waals surface area contributed by atoms with Crippen molar-refractivity contribution in [3.8, 4) is 6.07 Å². The van der Waals surface area contributed by atoms with Crippen LogP contribution < -0.4 is 5.32 Å². The number of hydrogen-bond donors (Lipinski definition) is 1. The number of oxazole rings is 1. The summed E-state index contributed by atoms with van der Waals surface area (Å²) in [6.07, 6.45) is 2.31. The maximum Gasteiger partial charge on any atom is 0.181 e. The highest BCUT2D eigenvalue weighted by atomic mass is 16.3. The molecule has 0 bridgehead atoms. The van der Waals surface area contributed by atoms with Crippen molar-refractivity contribution in [2.45, 2.75) is 25.8 Å². The number of aromatic nitrogens is 1. The first kappa shape index (κ1) is 11.6. The van der Waals surface area contributed by atoms with Crippen LogP contribution in [-0.4, -0.2) is 17.1 Å². The molecular formula is C13H15N3O. The fourth-order valence-corrected chi connectivity index (χ4v) is 1.61. The number of rotatable bonds is 4. The second kappa shape index (κ2) is 4.56. The minimum atomic E-state index is -0.476. The number of benzene rings is 1. The van der Waals surface area contributed by atoms with Crippen LogP contribution in [0.1, 0.15) is 19.4 Å². The Balaban J connectivity index is 1.97. The summed E-state index contributed by atoms with van der Waals surface area (Å²) in [5, 5.41) is 12.1. The molecule has 2 aromatic rings. The minimum Gasteiger partial charge on any atom is -0.443 e. The number of nitriles is 1. The molecule has 0 saturated heterocycles. The molecule has 17 heavy (non-hydrogen) atoms. The monoisotopic (exact) mass is 229 g/mol. The third-order valence-electron chi connectivity index (χ3n) is 2.66. The normalized spacial score (nSPS) is 11.6. The van der Waals surface area contributed by atoms with Gasteiger partial charge in [0.15, 0.2) is 12.0 Å². The van der Waals surface area contributed by atoms with Crippen LogP contribution >= 0.6 is 0 Å². The quantitative estimate of drug-likeness (QED) is 0.873. The van der Waals surface area contributed by atoms with Crippen molar-refractivity contribution in [3.63, 3.8) is 0 Å². The smallest absolute Gasteiger partial charge is 0.181 e. The molecule has 0 amide bonds. The summed E-state index contributed by atoms with van der Waals surface area (Å²) < 4.78 is 5.24. The number of fused-ring (bicyclic) bond motifs is 1. The van der Waals surface area contributed by atoms with Crippen LogP contribution in [0.15, 0.2) is 29.0 Å². The van der Waals surface area contributed by atoms with Gasteiger partial charge in [0, 0.05) is 6.54 Å². The van der Waals surface area contributed by atoms with E-state index in [1.54, 1.807) is 0 Å². The zero-order valence-electron chi connectivity index (χ0n) is 10.0. The fourth-order valence-electron chi connectivity index (χ4n) is 1.61. The molecular weight excluding hydrogens is 214 g/mol. The van der Waals surface area contributed by atoms with Crippen LogP contribution in [0.25, 0.3) is 11.1 Å². The van der Waals surface area contributed by atoms with Crippen molar-refractivity contribution in [1.82, 2.24) is 10.3 Å². The Labute approximate surface area is 100 Å². The molecule has 0 fully saturated rings. The molecule has 0 spiro atoms. The Morgan fingerprint density at radius 2 is 2.29 bits per heavy atom. The van der Waals surface area contributed by atoms with Crippen LogP contribution in [0.4, 0.5) is 0 Å². The Hall–Kier alpha value is -1.86. The average molecular weight is 229 g/mol. The van der Waals surface area contributed by atoms with Gasteiger partial charge in [-0.15, -0.1) is 0 Å². The lowest BCUT2D eigenvalue weighted by atomic mass is 10.1. The third kappa shape index (κ3) is 2.83. The van der Waals surface area contributed by atoms with Gasteiger partial charge in [-0.3, -0.25) is 5.32 Å². The van der Waals surface area contributed by atoms with E-state index in [4.69, 9.17) is 9.68 Å². The summed E-state index contributed by atoms with van der Waals surface area (Å²) in [6.45, 7) is 4.50. The van der Waals surface area contributed by atoms with Gasteiger partial charge in [-0.25, -0.2) is 4.98 Å². The van der Waals surface area contributed by atoms with Gasteiger partial charge < -0.3 is 4.42 Å². The topological polar surface area (TPSA) is 61.9 Å². The molecule has 0 aliphatic rings. The highest BCUT2D eigenvalue weighted by Crippen LogP contribution is 2.14. The summed E-state index contributed by atoms with van der Waals surface area (Å²) in [5.74, 6) is 0. The highest BCUT2D eigenvalue weighted by molar-refractivity contribution is 5.72. The molecule has 4 heteroatoms. The Morgan fingerprint density at radius 3 is 3.06 bits per heavy atom. The maximum atomic E-state index is 8.87. The van der Waals surface area contributed by atoms with E-state index in [0.29, 0.717) is 0 Å². The van der Waals surface area contributed by atoms with Crippen LogP contribution in [0.2, 0.25) is 0 Å². The first-order chi connectivity index (χ1) is 8.11. The van der Waals surface area contributed by atoms with Gasteiger partial charge in [-0.2, -0.15) is 5.26 Å². The standard InChI is InChI=1S/C13H15N3O/c1-13(2,8-14)16-6-5-10-3-4-11-12(7-10)17-9-15-11/h3-4,7,9,16H,5-6H2,1-2H3. The predicted octanol–water partition coefficient (Wildman–Crippen LogP) is 2.26. The van der Waals surface area contributed by atoms with E-state index in [0.717, 1.165) is 24.1 Å². The lowest BCUT2D eigenvalue weighted by molar-refractivity contribution is 0.490. The Kier molecular flexibility index (Phi) is 3.12. The van der Waals surface area contributed by atoms with E-state index in [2.05, 4.69) is 16.4 Å². The summed E-state index contributed by atoms with van der Waals surface area (Å²) in [5.41, 5.74) is 2.38. The van der Waals surface area contributed by atoms with Crippen molar-refractivity contribution in [1.29, 1.82) is 5.26 Å². The van der Waals surface area contributed by atoms with Gasteiger partial charge in [0.25, 0.3) is 0 Å². The van der Waals surface area contributed by atoms with Gasteiger partial charge in [0.1, 0.15) is 11.1 Å². The van der Waals surface area contributed by atoms with E-state index in [-0.39, 0.29) is 0 Å². The highest BCUT2D eigenvalue weighted by Gasteiger charge is 2.14. The summed E-state index contributed by atoms with van der Waals surface area (Å²) in [6, 6.07) is 8.18. The molecule has 1 aromatic heterocycles. The molecule has 4 nitrogen and oxygen atoms in total. The Morgan fingerprint density at radius 1 is 1.47 bits per heavy atom. The molecule has 0 radical (unpaired) electrons. The second-order valence-corrected chi connectivity index (χ2v) is 4.57. The van der Waals surface area contributed by atoms with E-state index < -0.39 is 5.54 Å². The summed E-state index contributed by atoms with van der Waals surface area (Å²) in [7, 11) is 0. The molecule has 0 aliphatic heterocycles. The second-order valence-electron chi connectivity index (χ2n) is 4.57. The molecule has 1 aromatic carbocycles. The molecule has 88 valence electrons. The first-order valence-corrected chi connectivity index (χ1v) is 5.59. The first-order valence-electron chi connectivity index (χ1n) is 5.59. The van der Waals surface area contributed by atoms with Crippen LogP contribution in [0.3, 0.4) is 0 Å². The van der Waals surface area contributed by atoms with Gasteiger partial charge in [-0.05, 0) is 38.0 Å². The van der Waals surface area contributed by atoms with E-state index in [1.807, 2.05) is 32.0 Å². The largest absolute Gasteiger partial charge is 0.443 e. The average Bonchev–Trinajstić information content (AvgIpc) is 2.76. The van der Waals surface area contributed by atoms with Crippen LogP contribution in [-0.2, 0) is 6.42 Å². The number of nitrogens with zero attached hydrogens (tertiary/aromatic N) is 2. The minimum absolute atomic E-state index is 0.476. The third-order valence-corrected chi connectivity index (χ3v) is 2.66. The molecule has 2 rings (SSSR count). The zero-order valence-corrected chi connectivity index (χ0v) is 10.0. The summed E-state index contributed by atoms with van der Waals surface area (Å²) >= 11 is 0. The molecule has 0 aliphatic carbocycles. The zero-order chi connectivity index (χ0) is 12.3. The molecule has 0 unspecified atom stereocenters. The Bertz CT molecular complexity index is 551. The molecule has 0 atom stereocenters. The van der Waals surface area contributed by atoms with Gasteiger partial charge in [0.05, 0.1) is 6.07 Å². The van der Waals surface area contributed by atoms with Crippen LogP contribution in [0, 0.1) is 11.3 Å². The SMILES string of the molecule is CC(C)(C#N)NCCc1ccc2ncoc2c1. The molecule has 1 N–H and O–H groups in total. The van der Waals surface area contributed by atoms with Crippen molar-refractivity contribution < 1.29 is 4.42 Å². The summed E-state index contributed by atoms with van der Waals surface area (Å²) in [4.78, 5) is 4.07. The number of hydrogen-bond acceptors (Lipinski definition) is 4. The molecule has 0 saturated carbocycles. The van der Waals surface area contributed by atoms with E-state index in [1.165, 1.54) is 12.0 Å². The van der Waals surface area contributed by atoms with Crippen molar-refractivity contribution in [2.75, 3.05) is 6.54 Å².